The number of nitrogens with zero attached hydrogens (tertiary/aromatic N) is 1. The van der Waals surface area contributed by atoms with Crippen LogP contribution in [0, 0.1) is 13.8 Å². The van der Waals surface area contributed by atoms with Crippen LogP contribution in [0.3, 0.4) is 0 Å². The van der Waals surface area contributed by atoms with E-state index in [4.69, 9.17) is 0 Å². The van der Waals surface area contributed by atoms with Gasteiger partial charge in [-0.15, -0.1) is 11.3 Å². The number of aryl methyl sites for hydroxylation is 2. The molecule has 22 heavy (non-hydrogen) atoms. The molecule has 0 radical (unpaired) electrons. The van der Waals surface area contributed by atoms with Gasteiger partial charge in [0, 0.05) is 24.7 Å². The first-order valence-corrected chi connectivity index (χ1v) is 8.89. The number of amides is 1. The lowest BCUT2D eigenvalue weighted by Gasteiger charge is -2.10. The minimum absolute atomic E-state index is 0.178. The lowest BCUT2D eigenvalue weighted by Crippen LogP contribution is -2.22. The SMILES string of the molecule is Cc1ccccc1NC(=O)c1cc(S(=O)(=O)N(C)C)c(C)s1. The van der Waals surface area contributed by atoms with Crippen molar-refractivity contribution in [2.24, 2.45) is 0 Å². The van der Waals surface area contributed by atoms with Gasteiger partial charge in [-0.3, -0.25) is 4.79 Å². The van der Waals surface area contributed by atoms with Gasteiger partial charge in [-0.1, -0.05) is 18.2 Å². The quantitative estimate of drug-likeness (QED) is 0.932. The second-order valence-electron chi connectivity index (χ2n) is 5.09. The van der Waals surface area contributed by atoms with Crippen molar-refractivity contribution in [3.8, 4) is 0 Å². The van der Waals surface area contributed by atoms with Gasteiger partial charge in [-0.2, -0.15) is 0 Å². The normalized spacial score (nSPS) is 11.7. The lowest BCUT2D eigenvalue weighted by atomic mass is 10.2. The number of hydrogen-bond donors (Lipinski definition) is 1. The maximum atomic E-state index is 12.3. The van der Waals surface area contributed by atoms with E-state index < -0.39 is 10.0 Å². The molecule has 2 aromatic rings. The maximum absolute atomic E-state index is 12.3. The first kappa shape index (κ1) is 16.7. The number of benzene rings is 1. The third kappa shape index (κ3) is 3.21. The summed E-state index contributed by atoms with van der Waals surface area (Å²) in [6, 6.07) is 8.87. The number of sulfonamides is 1. The molecule has 0 aliphatic rings. The molecule has 1 amide bonds. The Morgan fingerprint density at radius 1 is 1.18 bits per heavy atom. The van der Waals surface area contributed by atoms with Crippen molar-refractivity contribution >= 4 is 33.0 Å². The Balaban J connectivity index is 2.32. The molecule has 0 fully saturated rings. The van der Waals surface area contributed by atoms with Crippen LogP contribution in [0.25, 0.3) is 0 Å². The molecular formula is C15H18N2O3S2. The van der Waals surface area contributed by atoms with E-state index in [0.29, 0.717) is 9.75 Å². The number of rotatable bonds is 4. The molecule has 2 rings (SSSR count). The van der Waals surface area contributed by atoms with Crippen molar-refractivity contribution in [1.29, 1.82) is 0 Å². The highest BCUT2D eigenvalue weighted by molar-refractivity contribution is 7.89. The smallest absolute Gasteiger partial charge is 0.265 e. The summed E-state index contributed by atoms with van der Waals surface area (Å²) in [5, 5.41) is 2.81. The minimum atomic E-state index is -3.54. The zero-order valence-corrected chi connectivity index (χ0v) is 14.5. The molecule has 1 heterocycles. The second kappa shape index (κ2) is 6.20. The molecule has 0 aliphatic heterocycles. The summed E-state index contributed by atoms with van der Waals surface area (Å²) in [6.07, 6.45) is 0. The molecule has 0 saturated heterocycles. The van der Waals surface area contributed by atoms with Crippen LogP contribution in [0.5, 0.6) is 0 Å². The summed E-state index contributed by atoms with van der Waals surface area (Å²) in [7, 11) is -0.594. The number of carbonyl (C=O) groups is 1. The first-order valence-electron chi connectivity index (χ1n) is 6.63. The van der Waals surface area contributed by atoms with Crippen molar-refractivity contribution in [2.75, 3.05) is 19.4 Å². The zero-order valence-electron chi connectivity index (χ0n) is 12.9. The zero-order chi connectivity index (χ0) is 16.5. The topological polar surface area (TPSA) is 66.5 Å². The molecule has 0 saturated carbocycles. The van der Waals surface area contributed by atoms with Crippen LogP contribution < -0.4 is 5.32 Å². The molecule has 118 valence electrons. The number of thiophene rings is 1. The van der Waals surface area contributed by atoms with Gasteiger partial charge in [-0.25, -0.2) is 12.7 Å². The largest absolute Gasteiger partial charge is 0.321 e. The van der Waals surface area contributed by atoms with Crippen LogP contribution in [-0.4, -0.2) is 32.7 Å². The molecule has 5 nitrogen and oxygen atoms in total. The van der Waals surface area contributed by atoms with Gasteiger partial charge in [-0.05, 0) is 31.5 Å². The Morgan fingerprint density at radius 3 is 2.41 bits per heavy atom. The fraction of sp³-hybridized carbons (Fsp3) is 0.267. The van der Waals surface area contributed by atoms with Crippen LogP contribution in [0.4, 0.5) is 5.69 Å². The first-order chi connectivity index (χ1) is 10.2. The Labute approximate surface area is 134 Å². The van der Waals surface area contributed by atoms with E-state index in [0.717, 1.165) is 15.6 Å². The number of anilines is 1. The maximum Gasteiger partial charge on any atom is 0.265 e. The van der Waals surface area contributed by atoms with E-state index in [9.17, 15) is 13.2 Å². The molecule has 0 aliphatic carbocycles. The van der Waals surface area contributed by atoms with Crippen LogP contribution in [0.1, 0.15) is 20.1 Å². The number of hydrogen-bond acceptors (Lipinski definition) is 4. The van der Waals surface area contributed by atoms with Crippen molar-refractivity contribution in [3.63, 3.8) is 0 Å². The van der Waals surface area contributed by atoms with Crippen molar-refractivity contribution < 1.29 is 13.2 Å². The summed E-state index contributed by atoms with van der Waals surface area (Å²) in [6.45, 7) is 3.60. The predicted octanol–water partition coefficient (Wildman–Crippen LogP) is 2.87. The Kier molecular flexibility index (Phi) is 4.69. The highest BCUT2D eigenvalue weighted by Gasteiger charge is 2.24. The van der Waals surface area contributed by atoms with Crippen LogP contribution in [0.15, 0.2) is 35.2 Å². The highest BCUT2D eigenvalue weighted by Crippen LogP contribution is 2.28. The molecule has 1 aromatic carbocycles. The van der Waals surface area contributed by atoms with Crippen LogP contribution in [0.2, 0.25) is 0 Å². The third-order valence-electron chi connectivity index (χ3n) is 3.25. The number of para-hydroxylation sites is 1. The highest BCUT2D eigenvalue weighted by atomic mass is 32.2. The fourth-order valence-corrected chi connectivity index (χ4v) is 4.28. The molecular weight excluding hydrogens is 320 g/mol. The lowest BCUT2D eigenvalue weighted by molar-refractivity contribution is 0.103. The van der Waals surface area contributed by atoms with Crippen LogP contribution >= 0.6 is 11.3 Å². The molecule has 0 spiro atoms. The van der Waals surface area contributed by atoms with Crippen LogP contribution in [-0.2, 0) is 10.0 Å². The Morgan fingerprint density at radius 2 is 1.82 bits per heavy atom. The average molecular weight is 338 g/mol. The average Bonchev–Trinajstić information content (AvgIpc) is 2.84. The predicted molar refractivity (Wildman–Crippen MR) is 89.1 cm³/mol. The number of carbonyl (C=O) groups excluding carboxylic acids is 1. The molecule has 7 heteroatoms. The Bertz CT molecular complexity index is 808. The Hall–Kier alpha value is -1.70. The van der Waals surface area contributed by atoms with Crippen molar-refractivity contribution in [2.45, 2.75) is 18.7 Å². The third-order valence-corrected chi connectivity index (χ3v) is 6.37. The van der Waals surface area contributed by atoms with E-state index in [1.807, 2.05) is 31.2 Å². The van der Waals surface area contributed by atoms with Gasteiger partial charge in [0.2, 0.25) is 10.0 Å². The van der Waals surface area contributed by atoms with Crippen molar-refractivity contribution in [3.05, 3.63) is 45.6 Å². The van der Waals surface area contributed by atoms with Gasteiger partial charge in [0.05, 0.1) is 9.77 Å². The summed E-state index contributed by atoms with van der Waals surface area (Å²) in [5.74, 6) is -0.303. The summed E-state index contributed by atoms with van der Waals surface area (Å²) >= 11 is 1.17. The molecule has 0 atom stereocenters. The molecule has 0 unspecified atom stereocenters. The van der Waals surface area contributed by atoms with E-state index in [2.05, 4.69) is 5.32 Å². The van der Waals surface area contributed by atoms with E-state index in [1.54, 1.807) is 6.92 Å². The van der Waals surface area contributed by atoms with Gasteiger partial charge in [0.15, 0.2) is 0 Å². The summed E-state index contributed by atoms with van der Waals surface area (Å²) < 4.78 is 25.5. The molecule has 0 bridgehead atoms. The standard InChI is InChI=1S/C15H18N2O3S2/c1-10-7-5-6-8-12(10)16-15(18)13-9-14(11(2)21-13)22(19,20)17(3)4/h5-9H,1-4H3,(H,16,18). The monoisotopic (exact) mass is 338 g/mol. The fourth-order valence-electron chi connectivity index (χ4n) is 1.93. The van der Waals surface area contributed by atoms with E-state index >= 15 is 0 Å². The van der Waals surface area contributed by atoms with E-state index in [1.165, 1.54) is 31.5 Å². The number of nitrogens with one attached hydrogen (secondary N) is 1. The van der Waals surface area contributed by atoms with E-state index in [-0.39, 0.29) is 10.8 Å². The van der Waals surface area contributed by atoms with Gasteiger partial charge in [0.25, 0.3) is 5.91 Å². The van der Waals surface area contributed by atoms with Crippen molar-refractivity contribution in [1.82, 2.24) is 4.31 Å². The molecule has 1 N–H and O–H groups in total. The summed E-state index contributed by atoms with van der Waals surface area (Å²) in [5.41, 5.74) is 1.67. The minimum Gasteiger partial charge on any atom is -0.321 e. The summed E-state index contributed by atoms with van der Waals surface area (Å²) in [4.78, 5) is 13.5. The van der Waals surface area contributed by atoms with Gasteiger partial charge in [0.1, 0.15) is 0 Å². The second-order valence-corrected chi connectivity index (χ2v) is 8.46. The van der Waals surface area contributed by atoms with Gasteiger partial charge >= 0.3 is 0 Å². The van der Waals surface area contributed by atoms with Gasteiger partial charge < -0.3 is 5.32 Å². The molecule has 1 aromatic heterocycles.